The monoisotopic (exact) mass is 546 g/mol. The van der Waals surface area contributed by atoms with Crippen LogP contribution in [0.3, 0.4) is 0 Å². The van der Waals surface area contributed by atoms with Gasteiger partial charge in [0, 0.05) is 54.7 Å². The highest BCUT2D eigenvalue weighted by atomic mass is 16.1. The second kappa shape index (κ2) is 12.5. The lowest BCUT2D eigenvalue weighted by molar-refractivity contribution is 0.102. The Kier molecular flexibility index (Phi) is 8.39. The highest BCUT2D eigenvalue weighted by Crippen LogP contribution is 2.28. The summed E-state index contributed by atoms with van der Waals surface area (Å²) in [5, 5.41) is 6.28. The first-order chi connectivity index (χ1) is 19.9. The van der Waals surface area contributed by atoms with Crippen LogP contribution in [0.1, 0.15) is 46.8 Å². The van der Waals surface area contributed by atoms with Gasteiger partial charge in [0.1, 0.15) is 0 Å². The lowest BCUT2D eigenvalue weighted by Crippen LogP contribution is -2.21. The van der Waals surface area contributed by atoms with Crippen LogP contribution in [0.25, 0.3) is 11.3 Å². The molecule has 0 aliphatic rings. The van der Waals surface area contributed by atoms with Crippen molar-refractivity contribution >= 4 is 23.1 Å². The summed E-state index contributed by atoms with van der Waals surface area (Å²) in [5.74, 6) is 0.0928. The van der Waals surface area contributed by atoms with E-state index in [1.165, 1.54) is 4.57 Å². The van der Waals surface area contributed by atoms with Crippen LogP contribution in [-0.4, -0.2) is 25.0 Å². The van der Waals surface area contributed by atoms with Crippen LogP contribution < -0.4 is 16.2 Å². The van der Waals surface area contributed by atoms with E-state index in [0.29, 0.717) is 23.5 Å². The molecule has 1 amide bonds. The Morgan fingerprint density at radius 3 is 2.56 bits per heavy atom. The lowest BCUT2D eigenvalue weighted by Gasteiger charge is -2.15. The number of aryl methyl sites for hydroxylation is 2. The van der Waals surface area contributed by atoms with E-state index in [1.807, 2.05) is 84.4 Å². The molecule has 0 aliphatic carbocycles. The maximum absolute atomic E-state index is 13.3. The summed E-state index contributed by atoms with van der Waals surface area (Å²) >= 11 is 0. The molecule has 0 saturated carbocycles. The van der Waals surface area contributed by atoms with Crippen molar-refractivity contribution < 1.29 is 4.79 Å². The van der Waals surface area contributed by atoms with Crippen LogP contribution >= 0.6 is 0 Å². The van der Waals surface area contributed by atoms with Crippen molar-refractivity contribution in [3.8, 4) is 11.3 Å². The van der Waals surface area contributed by atoms with Crippen LogP contribution in [0.2, 0.25) is 0 Å². The molecule has 208 valence electrons. The molecule has 3 aromatic carbocycles. The van der Waals surface area contributed by atoms with E-state index in [0.717, 1.165) is 47.2 Å². The first-order valence-corrected chi connectivity index (χ1v) is 13.8. The van der Waals surface area contributed by atoms with Gasteiger partial charge in [0.05, 0.1) is 12.0 Å². The van der Waals surface area contributed by atoms with Crippen molar-refractivity contribution in [1.29, 1.82) is 0 Å². The number of carbonyl (C=O) groups excluding carboxylic acids is 1. The number of amides is 1. The molecule has 41 heavy (non-hydrogen) atoms. The number of unbranched alkanes of at least 4 members (excludes halogenated alkanes) is 1. The minimum atomic E-state index is -0.234. The molecule has 5 rings (SSSR count). The largest absolute Gasteiger partial charge is 0.336 e. The molecular weight excluding hydrogens is 512 g/mol. The van der Waals surface area contributed by atoms with Gasteiger partial charge in [-0.25, -0.2) is 9.97 Å². The minimum Gasteiger partial charge on any atom is -0.336 e. The molecule has 0 saturated heterocycles. The number of rotatable bonds is 10. The summed E-state index contributed by atoms with van der Waals surface area (Å²) < 4.78 is 3.51. The van der Waals surface area contributed by atoms with Crippen LogP contribution in [-0.2, 0) is 20.0 Å². The average molecular weight is 547 g/mol. The maximum Gasteiger partial charge on any atom is 0.293 e. The van der Waals surface area contributed by atoms with Crippen molar-refractivity contribution in [3.63, 3.8) is 0 Å². The van der Waals surface area contributed by atoms with E-state index < -0.39 is 0 Å². The van der Waals surface area contributed by atoms with Crippen LogP contribution in [0, 0.1) is 6.92 Å². The Morgan fingerprint density at radius 2 is 1.80 bits per heavy atom. The van der Waals surface area contributed by atoms with E-state index in [1.54, 1.807) is 25.8 Å². The van der Waals surface area contributed by atoms with Gasteiger partial charge in [-0.2, -0.15) is 0 Å². The highest BCUT2D eigenvalue weighted by Gasteiger charge is 2.16. The summed E-state index contributed by atoms with van der Waals surface area (Å²) in [6.45, 7) is 4.81. The fourth-order valence-corrected chi connectivity index (χ4v) is 4.80. The fourth-order valence-electron chi connectivity index (χ4n) is 4.80. The Hall–Kier alpha value is -4.98. The summed E-state index contributed by atoms with van der Waals surface area (Å²) in [6.07, 6.45) is 10.1. The number of carbonyl (C=O) groups is 1. The Labute approximate surface area is 239 Å². The molecule has 0 atom stereocenters. The number of imidazole rings is 1. The second-order valence-corrected chi connectivity index (χ2v) is 10.1. The van der Waals surface area contributed by atoms with Crippen molar-refractivity contribution in [2.24, 2.45) is 7.05 Å². The number of hydrogen-bond donors (Lipinski definition) is 2. The number of nitrogens with one attached hydrogen (secondary N) is 2. The zero-order chi connectivity index (χ0) is 28.8. The third-order valence-corrected chi connectivity index (χ3v) is 7.13. The molecule has 0 unspecified atom stereocenters. The van der Waals surface area contributed by atoms with Gasteiger partial charge in [-0.3, -0.25) is 9.59 Å². The number of aromatic nitrogens is 4. The third-order valence-electron chi connectivity index (χ3n) is 7.13. The van der Waals surface area contributed by atoms with E-state index in [9.17, 15) is 9.59 Å². The van der Waals surface area contributed by atoms with Gasteiger partial charge in [-0.05, 0) is 60.7 Å². The van der Waals surface area contributed by atoms with Crippen LogP contribution in [0.4, 0.5) is 17.2 Å². The van der Waals surface area contributed by atoms with Crippen LogP contribution in [0.5, 0.6) is 0 Å². The molecule has 2 aromatic heterocycles. The lowest BCUT2D eigenvalue weighted by atomic mass is 10.0. The zero-order valence-electron chi connectivity index (χ0n) is 23.6. The summed E-state index contributed by atoms with van der Waals surface area (Å²) in [6, 6.07) is 21.4. The number of hydrogen-bond acceptors (Lipinski definition) is 5. The maximum atomic E-state index is 13.3. The Balaban J connectivity index is 1.38. The second-order valence-electron chi connectivity index (χ2n) is 10.1. The summed E-state index contributed by atoms with van der Waals surface area (Å²) in [5.41, 5.74) is 6.41. The van der Waals surface area contributed by atoms with Gasteiger partial charge < -0.3 is 19.8 Å². The molecule has 2 N–H and O–H groups in total. The predicted molar refractivity (Wildman–Crippen MR) is 164 cm³/mol. The summed E-state index contributed by atoms with van der Waals surface area (Å²) in [4.78, 5) is 35.0. The average Bonchev–Trinajstić information content (AvgIpc) is 3.49. The molecule has 5 aromatic rings. The van der Waals surface area contributed by atoms with E-state index in [2.05, 4.69) is 22.5 Å². The molecule has 0 fully saturated rings. The minimum absolute atomic E-state index is 0.135. The normalized spacial score (nSPS) is 10.9. The highest BCUT2D eigenvalue weighted by molar-refractivity contribution is 6.06. The molecule has 0 radical (unpaired) electrons. The van der Waals surface area contributed by atoms with E-state index in [4.69, 9.17) is 4.98 Å². The van der Waals surface area contributed by atoms with E-state index in [-0.39, 0.29) is 17.3 Å². The topological polar surface area (TPSA) is 93.8 Å². The molecule has 0 spiro atoms. The summed E-state index contributed by atoms with van der Waals surface area (Å²) in [7, 11) is 1.71. The van der Waals surface area contributed by atoms with Gasteiger partial charge in [0.2, 0.25) is 0 Å². The quantitative estimate of drug-likeness (QED) is 0.213. The fraction of sp³-hybridized carbons (Fsp3) is 0.212. The number of benzene rings is 3. The number of anilines is 3. The van der Waals surface area contributed by atoms with Gasteiger partial charge in [-0.15, -0.1) is 0 Å². The first-order valence-electron chi connectivity index (χ1n) is 13.8. The standard InChI is InChI=1S/C33H34N6O2/c1-4-5-9-25-10-6-7-11-28(25)32(40)37-29-13-8-12-27(23(29)2)30-21-38(3)33(41)31(36-30)35-26-16-14-24(15-17-26)20-39-19-18-34-22-39/h6-8,10-19,21-22H,4-5,9,20H2,1-3H3,(H,35,36)(H,37,40). The SMILES string of the molecule is CCCCc1ccccc1C(=O)Nc1cccc(-c2cn(C)c(=O)c(Nc3ccc(Cn4ccnc4)cc3)n2)c1C. The molecule has 2 heterocycles. The molecule has 8 nitrogen and oxygen atoms in total. The Bertz CT molecular complexity index is 1710. The van der Waals surface area contributed by atoms with E-state index >= 15 is 0 Å². The van der Waals surface area contributed by atoms with Crippen LogP contribution in [0.15, 0.2) is 96.4 Å². The van der Waals surface area contributed by atoms with Gasteiger partial charge in [0.15, 0.2) is 5.82 Å². The van der Waals surface area contributed by atoms with Gasteiger partial charge in [0.25, 0.3) is 11.5 Å². The smallest absolute Gasteiger partial charge is 0.293 e. The first kappa shape index (κ1) is 27.6. The Morgan fingerprint density at radius 1 is 1.00 bits per heavy atom. The zero-order valence-corrected chi connectivity index (χ0v) is 23.6. The molecule has 8 heteroatoms. The van der Waals surface area contributed by atoms with Crippen molar-refractivity contribution in [1.82, 2.24) is 19.1 Å². The van der Waals surface area contributed by atoms with Crippen molar-refractivity contribution in [2.75, 3.05) is 10.6 Å². The van der Waals surface area contributed by atoms with Gasteiger partial charge >= 0.3 is 0 Å². The molecule has 0 bridgehead atoms. The molecule has 0 aliphatic heterocycles. The third kappa shape index (κ3) is 6.44. The van der Waals surface area contributed by atoms with Crippen molar-refractivity contribution in [3.05, 3.63) is 124 Å². The molecular formula is C33H34N6O2. The van der Waals surface area contributed by atoms with Gasteiger partial charge in [-0.1, -0.05) is 55.8 Å². The van der Waals surface area contributed by atoms with Crippen molar-refractivity contribution in [2.45, 2.75) is 39.7 Å². The number of nitrogens with zero attached hydrogens (tertiary/aromatic N) is 4. The predicted octanol–water partition coefficient (Wildman–Crippen LogP) is 6.34.